The predicted octanol–water partition coefficient (Wildman–Crippen LogP) is 3.80. The van der Waals surface area contributed by atoms with Crippen molar-refractivity contribution in [3.8, 4) is 0 Å². The Kier molecular flexibility index (Phi) is 4.41. The van der Waals surface area contributed by atoms with Gasteiger partial charge in [0.25, 0.3) is 0 Å². The van der Waals surface area contributed by atoms with E-state index in [4.69, 9.17) is 15.5 Å². The van der Waals surface area contributed by atoms with Gasteiger partial charge in [0.1, 0.15) is 21.6 Å². The van der Waals surface area contributed by atoms with Crippen LogP contribution in [0.2, 0.25) is 0 Å². The molecule has 5 rings (SSSR count). The molecular formula is C21H22IN5O2. The number of imidazole rings is 1. The van der Waals surface area contributed by atoms with Crippen molar-refractivity contribution in [3.05, 3.63) is 57.8 Å². The van der Waals surface area contributed by atoms with Gasteiger partial charge >= 0.3 is 6.09 Å². The van der Waals surface area contributed by atoms with Gasteiger partial charge in [-0.25, -0.2) is 14.8 Å². The first-order valence-electron chi connectivity index (χ1n) is 9.78. The minimum Gasteiger partial charge on any atom is -0.445 e. The molecule has 2 heterocycles. The molecule has 0 aliphatic heterocycles. The summed E-state index contributed by atoms with van der Waals surface area (Å²) >= 11 is 2.23. The fourth-order valence-corrected chi connectivity index (χ4v) is 5.82. The molecule has 2 aliphatic carbocycles. The van der Waals surface area contributed by atoms with Crippen molar-refractivity contribution in [1.82, 2.24) is 19.7 Å². The molecule has 29 heavy (non-hydrogen) atoms. The van der Waals surface area contributed by atoms with Crippen molar-refractivity contribution in [2.24, 2.45) is 0 Å². The number of nitrogen functional groups attached to an aromatic ring is 1. The zero-order valence-corrected chi connectivity index (χ0v) is 18.1. The summed E-state index contributed by atoms with van der Waals surface area (Å²) in [6, 6.07) is 9.73. The molecule has 3 N–H and O–H groups in total. The van der Waals surface area contributed by atoms with Gasteiger partial charge in [0, 0.05) is 23.3 Å². The van der Waals surface area contributed by atoms with Crippen LogP contribution in [-0.2, 0) is 16.8 Å². The number of aromatic nitrogens is 3. The standard InChI is InChI=1S/C21H22IN5O2/c22-16-15-17(23)24-10-11-27(15)18(25-16)20-6-8-21(13-20,9-7-20)26-19(28)29-12-14-4-2-1-3-5-14/h1-5,10-11H,6-9,12-13H2,(H2,23,24)(H,26,28). The minimum absolute atomic E-state index is 0.0488. The maximum atomic E-state index is 12.5. The fourth-order valence-electron chi connectivity index (χ4n) is 5.05. The van der Waals surface area contributed by atoms with Gasteiger partial charge in [-0.15, -0.1) is 0 Å². The lowest BCUT2D eigenvalue weighted by Crippen LogP contribution is -2.45. The van der Waals surface area contributed by atoms with E-state index in [0.717, 1.165) is 52.7 Å². The summed E-state index contributed by atoms with van der Waals surface area (Å²) in [7, 11) is 0. The number of halogens is 1. The molecule has 2 aliphatic rings. The number of rotatable bonds is 4. The molecule has 0 atom stereocenters. The van der Waals surface area contributed by atoms with Crippen LogP contribution in [0.15, 0.2) is 42.7 Å². The average molecular weight is 503 g/mol. The summed E-state index contributed by atoms with van der Waals surface area (Å²) in [4.78, 5) is 21.6. The zero-order chi connectivity index (χ0) is 20.1. The molecule has 3 aromatic rings. The molecule has 7 nitrogen and oxygen atoms in total. The molecule has 2 fully saturated rings. The van der Waals surface area contributed by atoms with Crippen LogP contribution in [0, 0.1) is 3.70 Å². The van der Waals surface area contributed by atoms with E-state index in [9.17, 15) is 4.79 Å². The maximum Gasteiger partial charge on any atom is 0.407 e. The number of ether oxygens (including phenoxy) is 1. The second kappa shape index (κ2) is 6.86. The Bertz CT molecular complexity index is 1070. The largest absolute Gasteiger partial charge is 0.445 e. The van der Waals surface area contributed by atoms with Gasteiger partial charge in [0.2, 0.25) is 0 Å². The number of amides is 1. The summed E-state index contributed by atoms with van der Waals surface area (Å²) in [5.41, 5.74) is 7.68. The molecule has 0 radical (unpaired) electrons. The highest BCUT2D eigenvalue weighted by Crippen LogP contribution is 2.57. The van der Waals surface area contributed by atoms with Crippen LogP contribution in [0.1, 0.15) is 43.5 Å². The number of benzene rings is 1. The van der Waals surface area contributed by atoms with Crippen LogP contribution in [0.5, 0.6) is 0 Å². The Labute approximate surface area is 182 Å². The highest BCUT2D eigenvalue weighted by Gasteiger charge is 2.57. The first-order chi connectivity index (χ1) is 14.0. The first-order valence-corrected chi connectivity index (χ1v) is 10.9. The number of fused-ring (bicyclic) bond motifs is 3. The van der Waals surface area contributed by atoms with Gasteiger partial charge in [0.15, 0.2) is 5.82 Å². The quantitative estimate of drug-likeness (QED) is 0.529. The predicted molar refractivity (Wildman–Crippen MR) is 117 cm³/mol. The molecule has 2 saturated carbocycles. The number of hydrogen-bond acceptors (Lipinski definition) is 5. The minimum atomic E-state index is -0.345. The fraction of sp³-hybridized carbons (Fsp3) is 0.381. The summed E-state index contributed by atoms with van der Waals surface area (Å²) in [5, 5.41) is 3.18. The Morgan fingerprint density at radius 3 is 2.76 bits per heavy atom. The number of alkyl carbamates (subject to hydrolysis) is 1. The van der Waals surface area contributed by atoms with Crippen molar-refractivity contribution in [1.29, 1.82) is 0 Å². The van der Waals surface area contributed by atoms with E-state index in [-0.39, 0.29) is 23.7 Å². The van der Waals surface area contributed by atoms with Crippen LogP contribution >= 0.6 is 22.6 Å². The van der Waals surface area contributed by atoms with E-state index in [1.165, 1.54) is 0 Å². The second-order valence-corrected chi connectivity index (χ2v) is 9.20. The molecule has 0 saturated heterocycles. The Balaban J connectivity index is 1.34. The molecule has 2 aromatic heterocycles. The van der Waals surface area contributed by atoms with Crippen molar-refractivity contribution >= 4 is 40.0 Å². The normalized spacial score (nSPS) is 25.4. The number of carbonyl (C=O) groups excluding carboxylic acids is 1. The summed E-state index contributed by atoms with van der Waals surface area (Å²) in [5.74, 6) is 1.53. The molecule has 150 valence electrons. The number of hydrogen-bond donors (Lipinski definition) is 2. The SMILES string of the molecule is Nc1nccn2c(C34CCC(NC(=O)OCc5ccccc5)(CC3)C4)nc(I)c12. The van der Waals surface area contributed by atoms with Gasteiger partial charge in [0.05, 0.1) is 0 Å². The van der Waals surface area contributed by atoms with Crippen molar-refractivity contribution in [2.75, 3.05) is 5.73 Å². The van der Waals surface area contributed by atoms with Crippen LogP contribution in [0.4, 0.5) is 10.6 Å². The van der Waals surface area contributed by atoms with E-state index in [0.29, 0.717) is 5.82 Å². The number of anilines is 1. The highest BCUT2D eigenvalue weighted by molar-refractivity contribution is 14.1. The summed E-state index contributed by atoms with van der Waals surface area (Å²) in [6.07, 6.45) is 8.02. The Morgan fingerprint density at radius 2 is 2.00 bits per heavy atom. The van der Waals surface area contributed by atoms with E-state index < -0.39 is 0 Å². The van der Waals surface area contributed by atoms with Crippen molar-refractivity contribution in [2.45, 2.75) is 49.7 Å². The van der Waals surface area contributed by atoms with E-state index in [2.05, 4.69) is 37.3 Å². The van der Waals surface area contributed by atoms with Crippen LogP contribution in [0.25, 0.3) is 5.52 Å². The lowest BCUT2D eigenvalue weighted by Gasteiger charge is -2.28. The monoisotopic (exact) mass is 503 g/mol. The van der Waals surface area contributed by atoms with Crippen LogP contribution < -0.4 is 11.1 Å². The van der Waals surface area contributed by atoms with E-state index in [1.54, 1.807) is 6.20 Å². The summed E-state index contributed by atoms with van der Waals surface area (Å²) < 4.78 is 8.42. The maximum absolute atomic E-state index is 12.5. The molecular weight excluding hydrogens is 481 g/mol. The van der Waals surface area contributed by atoms with Crippen molar-refractivity contribution < 1.29 is 9.53 Å². The smallest absolute Gasteiger partial charge is 0.407 e. The lowest BCUT2D eigenvalue weighted by atomic mass is 9.83. The van der Waals surface area contributed by atoms with Crippen LogP contribution in [0.3, 0.4) is 0 Å². The first kappa shape index (κ1) is 18.7. The molecule has 1 aromatic carbocycles. The van der Waals surface area contributed by atoms with E-state index >= 15 is 0 Å². The third kappa shape index (κ3) is 3.13. The van der Waals surface area contributed by atoms with Gasteiger partial charge < -0.3 is 15.8 Å². The van der Waals surface area contributed by atoms with Gasteiger partial charge in [-0.2, -0.15) is 0 Å². The van der Waals surface area contributed by atoms with Gasteiger partial charge in [-0.3, -0.25) is 4.40 Å². The number of nitrogens with one attached hydrogen (secondary N) is 1. The Hall–Kier alpha value is -2.36. The Morgan fingerprint density at radius 1 is 1.24 bits per heavy atom. The van der Waals surface area contributed by atoms with E-state index in [1.807, 2.05) is 36.5 Å². The number of nitrogens with two attached hydrogens (primary N) is 1. The number of nitrogens with zero attached hydrogens (tertiary/aromatic N) is 3. The molecule has 2 bridgehead atoms. The third-order valence-electron chi connectivity index (χ3n) is 6.44. The topological polar surface area (TPSA) is 94.5 Å². The molecule has 1 amide bonds. The zero-order valence-electron chi connectivity index (χ0n) is 15.9. The molecule has 0 unspecified atom stereocenters. The number of carbonyl (C=O) groups is 1. The van der Waals surface area contributed by atoms with Crippen molar-refractivity contribution in [3.63, 3.8) is 0 Å². The van der Waals surface area contributed by atoms with Gasteiger partial charge in [-0.1, -0.05) is 30.3 Å². The third-order valence-corrected chi connectivity index (χ3v) is 7.19. The lowest BCUT2D eigenvalue weighted by molar-refractivity contribution is 0.126. The average Bonchev–Trinajstić information content (AvgIpc) is 3.38. The van der Waals surface area contributed by atoms with Gasteiger partial charge in [-0.05, 0) is 60.3 Å². The second-order valence-electron chi connectivity index (χ2n) is 8.18. The highest BCUT2D eigenvalue weighted by atomic mass is 127. The van der Waals surface area contributed by atoms with Crippen LogP contribution in [-0.4, -0.2) is 26.0 Å². The molecule has 8 heteroatoms. The summed E-state index contributed by atoms with van der Waals surface area (Å²) in [6.45, 7) is 0.281. The molecule has 0 spiro atoms.